The summed E-state index contributed by atoms with van der Waals surface area (Å²) in [7, 11) is 0. The molecule has 0 saturated heterocycles. The Bertz CT molecular complexity index is 393. The van der Waals surface area contributed by atoms with Crippen LogP contribution in [0.5, 0.6) is 0 Å². The number of carboxylic acids is 1. The van der Waals surface area contributed by atoms with Crippen LogP contribution < -0.4 is 5.32 Å². The van der Waals surface area contributed by atoms with Crippen molar-refractivity contribution in [2.75, 3.05) is 5.32 Å². The van der Waals surface area contributed by atoms with E-state index in [4.69, 9.17) is 5.11 Å². The maximum absolute atomic E-state index is 10.9. The van der Waals surface area contributed by atoms with Crippen LogP contribution in [0.25, 0.3) is 0 Å². The minimum atomic E-state index is -0.996. The van der Waals surface area contributed by atoms with Crippen molar-refractivity contribution >= 4 is 11.7 Å². The minimum absolute atomic E-state index is 0.0874. The lowest BCUT2D eigenvalue weighted by Crippen LogP contribution is -2.18. The van der Waals surface area contributed by atoms with Crippen LogP contribution in [0.4, 0.5) is 5.69 Å². The molecule has 2 N–H and O–H groups in total. The van der Waals surface area contributed by atoms with Crippen molar-refractivity contribution in [2.45, 2.75) is 18.9 Å². The lowest BCUT2D eigenvalue weighted by Gasteiger charge is -2.14. The van der Waals surface area contributed by atoms with E-state index in [1.807, 2.05) is 0 Å². The number of carboxylic acid groups (broad SMARTS) is 1. The van der Waals surface area contributed by atoms with E-state index < -0.39 is 5.97 Å². The number of hydrogen-bond acceptors (Lipinski definition) is 3. The van der Waals surface area contributed by atoms with Gasteiger partial charge < -0.3 is 10.4 Å². The highest BCUT2D eigenvalue weighted by Crippen LogP contribution is 2.19. The molecule has 0 unspecified atom stereocenters. The van der Waals surface area contributed by atoms with Crippen molar-refractivity contribution < 1.29 is 9.90 Å². The Morgan fingerprint density at radius 1 is 1.47 bits per heavy atom. The quantitative estimate of drug-likeness (QED) is 0.738. The zero-order valence-electron chi connectivity index (χ0n) is 8.18. The molecule has 0 aromatic carbocycles. The normalized spacial score (nSPS) is 15.5. The molecule has 1 aromatic rings. The maximum atomic E-state index is 10.9. The lowest BCUT2D eigenvalue weighted by atomic mass is 10.2. The lowest BCUT2D eigenvalue weighted by molar-refractivity contribution is 0.0691. The summed E-state index contributed by atoms with van der Waals surface area (Å²) in [6.07, 6.45) is 7.55. The maximum Gasteiger partial charge on any atom is 0.356 e. The van der Waals surface area contributed by atoms with Gasteiger partial charge in [0.2, 0.25) is 0 Å². The summed E-state index contributed by atoms with van der Waals surface area (Å²) in [5, 5.41) is 12.1. The second kappa shape index (κ2) is 4.13. The Morgan fingerprint density at radius 2 is 2.20 bits per heavy atom. The largest absolute Gasteiger partial charge is 0.476 e. The predicted molar refractivity (Wildman–Crippen MR) is 57.0 cm³/mol. The van der Waals surface area contributed by atoms with Gasteiger partial charge in [-0.1, -0.05) is 12.2 Å². The fourth-order valence-electron chi connectivity index (χ4n) is 1.65. The summed E-state index contributed by atoms with van der Waals surface area (Å²) in [5.74, 6) is -0.996. The fraction of sp³-hybridized carbons (Fsp3) is 0.273. The van der Waals surface area contributed by atoms with Crippen molar-refractivity contribution in [3.8, 4) is 0 Å². The van der Waals surface area contributed by atoms with E-state index in [0.29, 0.717) is 11.7 Å². The molecule has 1 aromatic heterocycles. The number of pyridine rings is 1. The summed E-state index contributed by atoms with van der Waals surface area (Å²) in [5.41, 5.74) is 0.683. The van der Waals surface area contributed by atoms with Crippen LogP contribution in [0.1, 0.15) is 23.3 Å². The summed E-state index contributed by atoms with van der Waals surface area (Å²) >= 11 is 0. The Hall–Kier alpha value is -1.84. The van der Waals surface area contributed by atoms with Crippen LogP contribution in [0.3, 0.4) is 0 Å². The molecule has 15 heavy (non-hydrogen) atoms. The first kappa shape index (κ1) is 9.71. The van der Waals surface area contributed by atoms with Crippen LogP contribution in [0, 0.1) is 0 Å². The number of nitrogens with zero attached hydrogens (tertiary/aromatic N) is 1. The first-order chi connectivity index (χ1) is 7.27. The van der Waals surface area contributed by atoms with Crippen molar-refractivity contribution in [1.29, 1.82) is 0 Å². The van der Waals surface area contributed by atoms with Crippen LogP contribution in [-0.2, 0) is 0 Å². The SMILES string of the molecule is O=C(O)c1ncccc1NC1CC=CC1. The van der Waals surface area contributed by atoms with Crippen LogP contribution >= 0.6 is 0 Å². The van der Waals surface area contributed by atoms with Gasteiger partial charge >= 0.3 is 5.97 Å². The number of aromatic carboxylic acids is 1. The zero-order chi connectivity index (χ0) is 10.7. The van der Waals surface area contributed by atoms with E-state index in [1.54, 1.807) is 12.1 Å². The average Bonchev–Trinajstić information content (AvgIpc) is 2.71. The zero-order valence-corrected chi connectivity index (χ0v) is 8.18. The molecule has 1 aliphatic rings. The standard InChI is InChI=1S/C11H12N2O2/c14-11(15)10-9(6-3-7-12-10)13-8-4-1-2-5-8/h1-3,6-8,13H,4-5H2,(H,14,15). The number of rotatable bonds is 3. The molecule has 78 valence electrons. The molecule has 0 radical (unpaired) electrons. The minimum Gasteiger partial charge on any atom is -0.476 e. The summed E-state index contributed by atoms with van der Waals surface area (Å²) in [4.78, 5) is 14.7. The molecule has 2 rings (SSSR count). The van der Waals surface area contributed by atoms with Gasteiger partial charge in [-0.15, -0.1) is 0 Å². The topological polar surface area (TPSA) is 62.2 Å². The molecule has 1 aliphatic carbocycles. The molecular weight excluding hydrogens is 192 g/mol. The Kier molecular flexibility index (Phi) is 2.67. The highest BCUT2D eigenvalue weighted by Gasteiger charge is 2.15. The highest BCUT2D eigenvalue weighted by atomic mass is 16.4. The van der Waals surface area contributed by atoms with E-state index >= 15 is 0 Å². The van der Waals surface area contributed by atoms with Crippen LogP contribution in [0.15, 0.2) is 30.5 Å². The van der Waals surface area contributed by atoms with Crippen molar-refractivity contribution in [3.05, 3.63) is 36.2 Å². The molecule has 4 nitrogen and oxygen atoms in total. The molecule has 1 heterocycles. The molecule has 0 amide bonds. The van der Waals surface area contributed by atoms with Crippen LogP contribution in [0.2, 0.25) is 0 Å². The van der Waals surface area contributed by atoms with Gasteiger partial charge in [0.25, 0.3) is 0 Å². The Balaban J connectivity index is 2.16. The predicted octanol–water partition coefficient (Wildman–Crippen LogP) is 1.91. The third-order valence-electron chi connectivity index (χ3n) is 2.38. The highest BCUT2D eigenvalue weighted by molar-refractivity contribution is 5.91. The van der Waals surface area contributed by atoms with Crippen LogP contribution in [-0.4, -0.2) is 22.1 Å². The van der Waals surface area contributed by atoms with Gasteiger partial charge in [-0.2, -0.15) is 0 Å². The van der Waals surface area contributed by atoms with E-state index in [0.717, 1.165) is 12.8 Å². The smallest absolute Gasteiger partial charge is 0.356 e. The van der Waals surface area contributed by atoms with Gasteiger partial charge in [0.15, 0.2) is 5.69 Å². The van der Waals surface area contributed by atoms with E-state index in [2.05, 4.69) is 22.5 Å². The third kappa shape index (κ3) is 2.15. The van der Waals surface area contributed by atoms with Crippen molar-refractivity contribution in [2.24, 2.45) is 0 Å². The number of aromatic nitrogens is 1. The second-order valence-corrected chi connectivity index (χ2v) is 3.49. The first-order valence-electron chi connectivity index (χ1n) is 4.87. The summed E-state index contributed by atoms with van der Waals surface area (Å²) < 4.78 is 0. The van der Waals surface area contributed by atoms with Gasteiger partial charge in [-0.05, 0) is 25.0 Å². The molecule has 0 spiro atoms. The molecule has 0 atom stereocenters. The molecule has 0 aliphatic heterocycles. The van der Waals surface area contributed by atoms with Crippen molar-refractivity contribution in [3.63, 3.8) is 0 Å². The fourth-order valence-corrected chi connectivity index (χ4v) is 1.65. The molecule has 4 heteroatoms. The van der Waals surface area contributed by atoms with Gasteiger partial charge in [0.1, 0.15) is 0 Å². The van der Waals surface area contributed by atoms with E-state index in [1.165, 1.54) is 6.20 Å². The van der Waals surface area contributed by atoms with Crippen molar-refractivity contribution in [1.82, 2.24) is 4.98 Å². The van der Waals surface area contributed by atoms with Gasteiger partial charge in [-0.3, -0.25) is 0 Å². The summed E-state index contributed by atoms with van der Waals surface area (Å²) in [6.45, 7) is 0. The average molecular weight is 204 g/mol. The second-order valence-electron chi connectivity index (χ2n) is 3.49. The Morgan fingerprint density at radius 3 is 2.87 bits per heavy atom. The van der Waals surface area contributed by atoms with E-state index in [9.17, 15) is 4.79 Å². The third-order valence-corrected chi connectivity index (χ3v) is 2.38. The number of hydrogen-bond donors (Lipinski definition) is 2. The summed E-state index contributed by atoms with van der Waals surface area (Å²) in [6, 6.07) is 3.78. The van der Waals surface area contributed by atoms with Gasteiger partial charge in [-0.25, -0.2) is 9.78 Å². The molecule has 0 saturated carbocycles. The van der Waals surface area contributed by atoms with E-state index in [-0.39, 0.29) is 5.69 Å². The monoisotopic (exact) mass is 204 g/mol. The Labute approximate surface area is 87.7 Å². The number of anilines is 1. The van der Waals surface area contributed by atoms with Gasteiger partial charge in [0, 0.05) is 12.2 Å². The molecule has 0 fully saturated rings. The number of nitrogens with one attached hydrogen (secondary N) is 1. The first-order valence-corrected chi connectivity index (χ1v) is 4.87. The van der Waals surface area contributed by atoms with Gasteiger partial charge in [0.05, 0.1) is 5.69 Å². The number of carbonyl (C=O) groups is 1. The molecule has 0 bridgehead atoms. The molecular formula is C11H12N2O2.